The molecule has 4 rings (SSSR count). The van der Waals surface area contributed by atoms with Crippen LogP contribution in [0.3, 0.4) is 0 Å². The number of aryl methyl sites for hydroxylation is 1. The third-order valence-electron chi connectivity index (χ3n) is 4.78. The van der Waals surface area contributed by atoms with E-state index >= 15 is 0 Å². The fourth-order valence-electron chi connectivity index (χ4n) is 3.23. The third kappa shape index (κ3) is 3.83. The van der Waals surface area contributed by atoms with Gasteiger partial charge in [-0.1, -0.05) is 44.5 Å². The average molecular weight is 409 g/mol. The van der Waals surface area contributed by atoms with Gasteiger partial charge in [0.1, 0.15) is 11.6 Å². The normalized spacial score (nSPS) is 11.8. The number of hydrogen-bond donors (Lipinski definition) is 1. The minimum Gasteiger partial charge on any atom is -0.340 e. The van der Waals surface area contributed by atoms with Gasteiger partial charge in [-0.05, 0) is 48.9 Å². The summed E-state index contributed by atoms with van der Waals surface area (Å²) in [5.74, 6) is 0.501. The van der Waals surface area contributed by atoms with Crippen LogP contribution in [0.1, 0.15) is 32.2 Å². The maximum Gasteiger partial charge on any atom is 0.165 e. The number of halogens is 2. The third-order valence-corrected chi connectivity index (χ3v) is 5.03. The predicted octanol–water partition coefficient (Wildman–Crippen LogP) is 6.54. The van der Waals surface area contributed by atoms with Crippen molar-refractivity contribution in [1.82, 2.24) is 14.6 Å². The monoisotopic (exact) mass is 408 g/mol. The minimum absolute atomic E-state index is 0.156. The van der Waals surface area contributed by atoms with Crippen molar-refractivity contribution < 1.29 is 4.39 Å². The zero-order chi connectivity index (χ0) is 20.8. The first-order chi connectivity index (χ1) is 13.7. The van der Waals surface area contributed by atoms with Gasteiger partial charge in [0.15, 0.2) is 5.65 Å². The second-order valence-corrected chi connectivity index (χ2v) is 8.55. The Kier molecular flexibility index (Phi) is 4.79. The SMILES string of the molecule is Cc1nn2c(Nc3ccc(F)cc3)cc(C(C)(C)C)nc2c1-c1ccc(Cl)cc1. The second-order valence-electron chi connectivity index (χ2n) is 8.11. The molecule has 0 atom stereocenters. The molecule has 0 aliphatic carbocycles. The lowest BCUT2D eigenvalue weighted by Crippen LogP contribution is -2.16. The van der Waals surface area contributed by atoms with Crippen molar-refractivity contribution in [2.45, 2.75) is 33.1 Å². The Morgan fingerprint density at radius 3 is 2.28 bits per heavy atom. The highest BCUT2D eigenvalue weighted by atomic mass is 35.5. The van der Waals surface area contributed by atoms with E-state index in [1.54, 1.807) is 16.6 Å². The zero-order valence-electron chi connectivity index (χ0n) is 16.8. The lowest BCUT2D eigenvalue weighted by molar-refractivity contribution is 0.569. The molecule has 0 aliphatic heterocycles. The van der Waals surface area contributed by atoms with Crippen LogP contribution in [0, 0.1) is 12.7 Å². The number of rotatable bonds is 3. The molecule has 4 aromatic rings. The van der Waals surface area contributed by atoms with Crippen LogP contribution in [0.2, 0.25) is 5.02 Å². The highest BCUT2D eigenvalue weighted by Crippen LogP contribution is 2.33. The summed E-state index contributed by atoms with van der Waals surface area (Å²) < 4.78 is 15.1. The molecule has 0 amide bonds. The molecule has 0 spiro atoms. The summed E-state index contributed by atoms with van der Waals surface area (Å²) in [6, 6.07) is 15.9. The summed E-state index contributed by atoms with van der Waals surface area (Å²) in [6.45, 7) is 8.34. The van der Waals surface area contributed by atoms with Crippen LogP contribution >= 0.6 is 11.6 Å². The first-order valence-corrected chi connectivity index (χ1v) is 9.79. The summed E-state index contributed by atoms with van der Waals surface area (Å²) in [6.07, 6.45) is 0. The molecule has 0 fully saturated rings. The van der Waals surface area contributed by atoms with E-state index in [2.05, 4.69) is 26.1 Å². The maximum absolute atomic E-state index is 13.3. The number of nitrogens with one attached hydrogen (secondary N) is 1. The van der Waals surface area contributed by atoms with Gasteiger partial charge in [-0.3, -0.25) is 0 Å². The second kappa shape index (κ2) is 7.16. The van der Waals surface area contributed by atoms with Crippen molar-refractivity contribution >= 4 is 28.8 Å². The van der Waals surface area contributed by atoms with Gasteiger partial charge in [0, 0.05) is 27.8 Å². The van der Waals surface area contributed by atoms with Gasteiger partial charge in [-0.15, -0.1) is 0 Å². The van der Waals surface area contributed by atoms with Gasteiger partial charge in [-0.2, -0.15) is 9.61 Å². The molecule has 0 aliphatic rings. The zero-order valence-corrected chi connectivity index (χ0v) is 17.5. The van der Waals surface area contributed by atoms with E-state index in [1.807, 2.05) is 37.3 Å². The maximum atomic E-state index is 13.3. The molecule has 29 heavy (non-hydrogen) atoms. The Bertz CT molecular complexity index is 1170. The van der Waals surface area contributed by atoms with Crippen molar-refractivity contribution in [3.63, 3.8) is 0 Å². The van der Waals surface area contributed by atoms with Gasteiger partial charge in [0.05, 0.1) is 11.4 Å². The molecule has 0 unspecified atom stereocenters. The van der Waals surface area contributed by atoms with Gasteiger partial charge in [-0.25, -0.2) is 9.37 Å². The molecule has 148 valence electrons. The molecule has 1 N–H and O–H groups in total. The molecule has 6 heteroatoms. The molecule has 0 saturated carbocycles. The van der Waals surface area contributed by atoms with Crippen molar-refractivity contribution in [1.29, 1.82) is 0 Å². The quantitative estimate of drug-likeness (QED) is 0.418. The molecule has 2 heterocycles. The van der Waals surface area contributed by atoms with Crippen LogP contribution in [0.4, 0.5) is 15.9 Å². The minimum atomic E-state index is -0.272. The fourth-order valence-corrected chi connectivity index (χ4v) is 3.36. The highest BCUT2D eigenvalue weighted by Gasteiger charge is 2.22. The van der Waals surface area contributed by atoms with Crippen LogP contribution in [-0.4, -0.2) is 14.6 Å². The number of aromatic nitrogens is 3. The number of anilines is 2. The Morgan fingerprint density at radius 1 is 1.00 bits per heavy atom. The van der Waals surface area contributed by atoms with Crippen molar-refractivity contribution in [3.05, 3.63) is 76.8 Å². The summed E-state index contributed by atoms with van der Waals surface area (Å²) in [5.41, 5.74) is 5.17. The summed E-state index contributed by atoms with van der Waals surface area (Å²) in [7, 11) is 0. The van der Waals surface area contributed by atoms with E-state index in [0.717, 1.165) is 39.7 Å². The lowest BCUT2D eigenvalue weighted by Gasteiger charge is -2.20. The highest BCUT2D eigenvalue weighted by molar-refractivity contribution is 6.30. The Balaban J connectivity index is 1.94. The van der Waals surface area contributed by atoms with Crippen molar-refractivity contribution in [2.75, 3.05) is 5.32 Å². The van der Waals surface area contributed by atoms with Crippen molar-refractivity contribution in [3.8, 4) is 11.1 Å². The first-order valence-electron chi connectivity index (χ1n) is 9.42. The van der Waals surface area contributed by atoms with Crippen LogP contribution in [0.25, 0.3) is 16.8 Å². The standard InChI is InChI=1S/C23H22ClFN4/c1-14-21(15-5-7-16(24)8-6-15)22-27-19(23(2,3)4)13-20(29(22)28-14)26-18-11-9-17(25)10-12-18/h5-13,26H,1-4H3. The number of nitrogens with zero attached hydrogens (tertiary/aromatic N) is 3. The molecule has 0 bridgehead atoms. The van der Waals surface area contributed by atoms with Crippen LogP contribution in [-0.2, 0) is 5.41 Å². The Hall–Kier alpha value is -2.92. The van der Waals surface area contributed by atoms with Crippen LogP contribution in [0.15, 0.2) is 54.6 Å². The fraction of sp³-hybridized carbons (Fsp3) is 0.217. The predicted molar refractivity (Wildman–Crippen MR) is 117 cm³/mol. The average Bonchev–Trinajstić information content (AvgIpc) is 3.00. The smallest absolute Gasteiger partial charge is 0.165 e. The van der Waals surface area contributed by atoms with Gasteiger partial charge < -0.3 is 5.32 Å². The van der Waals surface area contributed by atoms with E-state index in [9.17, 15) is 4.39 Å². The van der Waals surface area contributed by atoms with Gasteiger partial charge >= 0.3 is 0 Å². The van der Waals surface area contributed by atoms with Gasteiger partial charge in [0.25, 0.3) is 0 Å². The summed E-state index contributed by atoms with van der Waals surface area (Å²) in [5, 5.41) is 8.78. The van der Waals surface area contributed by atoms with E-state index in [0.29, 0.717) is 5.02 Å². The number of benzene rings is 2. The van der Waals surface area contributed by atoms with E-state index in [1.165, 1.54) is 12.1 Å². The molecule has 0 saturated heterocycles. The summed E-state index contributed by atoms with van der Waals surface area (Å²) in [4.78, 5) is 4.95. The Labute approximate surface area is 174 Å². The van der Waals surface area contributed by atoms with E-state index < -0.39 is 0 Å². The van der Waals surface area contributed by atoms with Crippen molar-refractivity contribution in [2.24, 2.45) is 0 Å². The number of fused-ring (bicyclic) bond motifs is 1. The largest absolute Gasteiger partial charge is 0.340 e. The summed E-state index contributed by atoms with van der Waals surface area (Å²) >= 11 is 6.07. The van der Waals surface area contributed by atoms with Gasteiger partial charge in [0.2, 0.25) is 0 Å². The molecule has 2 aromatic carbocycles. The number of hydrogen-bond acceptors (Lipinski definition) is 3. The van der Waals surface area contributed by atoms with Crippen LogP contribution < -0.4 is 5.32 Å². The topological polar surface area (TPSA) is 42.2 Å². The molecular weight excluding hydrogens is 387 g/mol. The first kappa shape index (κ1) is 19.4. The molecule has 0 radical (unpaired) electrons. The Morgan fingerprint density at radius 2 is 1.66 bits per heavy atom. The lowest BCUT2D eigenvalue weighted by atomic mass is 9.92. The molecular formula is C23H22ClFN4. The molecule has 2 aromatic heterocycles. The van der Waals surface area contributed by atoms with Crippen LogP contribution in [0.5, 0.6) is 0 Å². The molecule has 4 nitrogen and oxygen atoms in total. The van der Waals surface area contributed by atoms with E-state index in [4.69, 9.17) is 21.7 Å². The van der Waals surface area contributed by atoms with E-state index in [-0.39, 0.29) is 11.2 Å².